The second-order valence-corrected chi connectivity index (χ2v) is 2.14. The van der Waals surface area contributed by atoms with Crippen LogP contribution in [0, 0.1) is 0 Å². The van der Waals surface area contributed by atoms with Gasteiger partial charge in [-0.05, 0) is 6.07 Å². The highest BCUT2D eigenvalue weighted by atomic mass is 15.3. The van der Waals surface area contributed by atoms with E-state index in [-0.39, 0.29) is 5.95 Å². The molecule has 0 aliphatic heterocycles. The van der Waals surface area contributed by atoms with Crippen LogP contribution in [0.1, 0.15) is 0 Å². The van der Waals surface area contributed by atoms with E-state index in [1.807, 2.05) is 0 Å². The minimum Gasteiger partial charge on any atom is -0.368 e. The van der Waals surface area contributed by atoms with Crippen molar-refractivity contribution in [1.29, 1.82) is 0 Å². The first kappa shape index (κ1) is 6.71. The SMILES string of the molecule is Nc1nccc(-n2cnnc2)n1. The Labute approximate surface area is 68.1 Å². The molecule has 0 saturated heterocycles. The maximum Gasteiger partial charge on any atom is 0.221 e. The summed E-state index contributed by atoms with van der Waals surface area (Å²) in [6.45, 7) is 0. The molecule has 0 spiro atoms. The molecular formula is C6H6N6. The molecule has 0 aliphatic rings. The van der Waals surface area contributed by atoms with E-state index in [0.29, 0.717) is 5.82 Å². The van der Waals surface area contributed by atoms with Gasteiger partial charge in [0.15, 0.2) is 0 Å². The fraction of sp³-hybridized carbons (Fsp3) is 0. The summed E-state index contributed by atoms with van der Waals surface area (Å²) in [7, 11) is 0. The summed E-state index contributed by atoms with van der Waals surface area (Å²) in [4.78, 5) is 7.73. The van der Waals surface area contributed by atoms with Crippen LogP contribution >= 0.6 is 0 Å². The molecule has 0 fully saturated rings. The van der Waals surface area contributed by atoms with Gasteiger partial charge in [0.2, 0.25) is 5.95 Å². The number of nitrogens with zero attached hydrogens (tertiary/aromatic N) is 5. The number of nitrogens with two attached hydrogens (primary N) is 1. The van der Waals surface area contributed by atoms with E-state index in [9.17, 15) is 0 Å². The van der Waals surface area contributed by atoms with Gasteiger partial charge < -0.3 is 5.73 Å². The highest BCUT2D eigenvalue weighted by Gasteiger charge is 1.96. The van der Waals surface area contributed by atoms with Crippen LogP contribution < -0.4 is 5.73 Å². The van der Waals surface area contributed by atoms with Crippen LogP contribution in [0.25, 0.3) is 5.82 Å². The van der Waals surface area contributed by atoms with Crippen molar-refractivity contribution < 1.29 is 0 Å². The molecule has 0 unspecified atom stereocenters. The molecular weight excluding hydrogens is 156 g/mol. The highest BCUT2D eigenvalue weighted by Crippen LogP contribution is 2.01. The number of hydrogen-bond acceptors (Lipinski definition) is 5. The molecule has 0 aromatic carbocycles. The van der Waals surface area contributed by atoms with E-state index in [4.69, 9.17) is 5.73 Å². The van der Waals surface area contributed by atoms with Crippen molar-refractivity contribution in [1.82, 2.24) is 24.7 Å². The first-order chi connectivity index (χ1) is 5.86. The predicted molar refractivity (Wildman–Crippen MR) is 41.4 cm³/mol. The maximum atomic E-state index is 5.39. The van der Waals surface area contributed by atoms with E-state index >= 15 is 0 Å². The molecule has 2 aromatic heterocycles. The Bertz CT molecular complexity index is 367. The van der Waals surface area contributed by atoms with Crippen LogP contribution in [-0.2, 0) is 0 Å². The highest BCUT2D eigenvalue weighted by molar-refractivity contribution is 5.26. The van der Waals surface area contributed by atoms with Gasteiger partial charge in [-0.3, -0.25) is 4.57 Å². The summed E-state index contributed by atoms with van der Waals surface area (Å²) in [5, 5.41) is 7.28. The van der Waals surface area contributed by atoms with Gasteiger partial charge in [0, 0.05) is 6.20 Å². The molecule has 2 N–H and O–H groups in total. The van der Waals surface area contributed by atoms with Gasteiger partial charge >= 0.3 is 0 Å². The zero-order chi connectivity index (χ0) is 8.39. The van der Waals surface area contributed by atoms with Crippen LogP contribution in [0.5, 0.6) is 0 Å². The molecule has 0 atom stereocenters. The lowest BCUT2D eigenvalue weighted by atomic mass is 10.6. The summed E-state index contributed by atoms with van der Waals surface area (Å²) in [5.74, 6) is 0.897. The van der Waals surface area contributed by atoms with E-state index in [1.165, 1.54) is 0 Å². The summed E-state index contributed by atoms with van der Waals surface area (Å²) in [6, 6.07) is 1.72. The van der Waals surface area contributed by atoms with Gasteiger partial charge in [-0.1, -0.05) is 0 Å². The Morgan fingerprint density at radius 1 is 1.25 bits per heavy atom. The van der Waals surface area contributed by atoms with Crippen molar-refractivity contribution in [3.8, 4) is 5.82 Å². The van der Waals surface area contributed by atoms with Crippen molar-refractivity contribution in [3.63, 3.8) is 0 Å². The summed E-state index contributed by atoms with van der Waals surface area (Å²) in [5.41, 5.74) is 5.39. The Morgan fingerprint density at radius 3 is 2.67 bits per heavy atom. The first-order valence-electron chi connectivity index (χ1n) is 3.30. The Kier molecular flexibility index (Phi) is 1.44. The lowest BCUT2D eigenvalue weighted by Gasteiger charge is -1.98. The monoisotopic (exact) mass is 162 g/mol. The number of anilines is 1. The maximum absolute atomic E-state index is 5.39. The van der Waals surface area contributed by atoms with Crippen LogP contribution in [0.4, 0.5) is 5.95 Å². The molecule has 0 saturated carbocycles. The van der Waals surface area contributed by atoms with Crippen molar-refractivity contribution in [2.24, 2.45) is 0 Å². The van der Waals surface area contributed by atoms with Crippen LogP contribution in [0.2, 0.25) is 0 Å². The number of hydrogen-bond donors (Lipinski definition) is 1. The second kappa shape index (κ2) is 2.57. The van der Waals surface area contributed by atoms with Gasteiger partial charge in [-0.2, -0.15) is 4.98 Å². The third-order valence-electron chi connectivity index (χ3n) is 1.34. The van der Waals surface area contributed by atoms with Crippen molar-refractivity contribution in [2.45, 2.75) is 0 Å². The average Bonchev–Trinajstić information content (AvgIpc) is 2.56. The summed E-state index contributed by atoms with van der Waals surface area (Å²) in [6.07, 6.45) is 4.67. The quantitative estimate of drug-likeness (QED) is 0.619. The summed E-state index contributed by atoms with van der Waals surface area (Å²) >= 11 is 0. The lowest BCUT2D eigenvalue weighted by Crippen LogP contribution is -1.99. The minimum atomic E-state index is 0.237. The number of nitrogen functional groups attached to an aromatic ring is 1. The topological polar surface area (TPSA) is 82.5 Å². The lowest BCUT2D eigenvalue weighted by molar-refractivity contribution is 0.976. The number of rotatable bonds is 1. The van der Waals surface area contributed by atoms with Gasteiger partial charge in [-0.25, -0.2) is 4.98 Å². The number of aromatic nitrogens is 5. The van der Waals surface area contributed by atoms with Gasteiger partial charge in [-0.15, -0.1) is 10.2 Å². The largest absolute Gasteiger partial charge is 0.368 e. The van der Waals surface area contributed by atoms with E-state index < -0.39 is 0 Å². The van der Waals surface area contributed by atoms with E-state index in [0.717, 1.165) is 0 Å². The van der Waals surface area contributed by atoms with Gasteiger partial charge in [0.25, 0.3) is 0 Å². The van der Waals surface area contributed by atoms with Crippen molar-refractivity contribution in [3.05, 3.63) is 24.9 Å². The molecule has 12 heavy (non-hydrogen) atoms. The zero-order valence-corrected chi connectivity index (χ0v) is 6.12. The molecule has 2 rings (SSSR count). The van der Waals surface area contributed by atoms with Crippen molar-refractivity contribution in [2.75, 3.05) is 5.73 Å². The molecule has 2 heterocycles. The Morgan fingerprint density at radius 2 is 2.00 bits per heavy atom. The third kappa shape index (κ3) is 1.09. The minimum absolute atomic E-state index is 0.237. The molecule has 6 heteroatoms. The van der Waals surface area contributed by atoms with Crippen LogP contribution in [0.3, 0.4) is 0 Å². The molecule has 2 aromatic rings. The standard InChI is InChI=1S/C6H6N6/c7-6-8-2-1-5(11-6)12-3-9-10-4-12/h1-4H,(H2,7,8,11). The van der Waals surface area contributed by atoms with Gasteiger partial charge in [0.05, 0.1) is 0 Å². The third-order valence-corrected chi connectivity index (χ3v) is 1.34. The smallest absolute Gasteiger partial charge is 0.221 e. The molecule has 0 radical (unpaired) electrons. The second-order valence-electron chi connectivity index (χ2n) is 2.14. The fourth-order valence-electron chi connectivity index (χ4n) is 0.827. The Hall–Kier alpha value is -1.98. The molecule has 0 amide bonds. The first-order valence-corrected chi connectivity index (χ1v) is 3.30. The fourth-order valence-corrected chi connectivity index (χ4v) is 0.827. The average molecular weight is 162 g/mol. The normalized spacial score (nSPS) is 10.0. The van der Waals surface area contributed by atoms with Crippen molar-refractivity contribution >= 4 is 5.95 Å². The Balaban J connectivity index is 2.48. The van der Waals surface area contributed by atoms with Gasteiger partial charge in [0.1, 0.15) is 18.5 Å². The van der Waals surface area contributed by atoms with Crippen LogP contribution in [-0.4, -0.2) is 24.7 Å². The predicted octanol–water partition coefficient (Wildman–Crippen LogP) is -0.361. The zero-order valence-electron chi connectivity index (χ0n) is 6.12. The molecule has 0 bridgehead atoms. The van der Waals surface area contributed by atoms with E-state index in [1.54, 1.807) is 29.5 Å². The summed E-state index contributed by atoms with van der Waals surface area (Å²) < 4.78 is 1.65. The molecule has 0 aliphatic carbocycles. The molecule has 6 nitrogen and oxygen atoms in total. The van der Waals surface area contributed by atoms with E-state index in [2.05, 4.69) is 20.2 Å². The molecule has 60 valence electrons. The van der Waals surface area contributed by atoms with Crippen LogP contribution in [0.15, 0.2) is 24.9 Å².